The quantitative estimate of drug-likeness (QED) is 0.297. The molecule has 9 atom stereocenters. The van der Waals surface area contributed by atoms with Gasteiger partial charge in [0.15, 0.2) is 0 Å². The zero-order valence-corrected chi connectivity index (χ0v) is 15.2. The molecule has 0 amide bonds. The number of rotatable bonds is 10. The normalized spacial score (nSPS) is 43.7. The van der Waals surface area contributed by atoms with Crippen molar-refractivity contribution in [2.45, 2.75) is 48.6 Å². The third-order valence-corrected chi connectivity index (χ3v) is 5.09. The standard InChI is InChI=1S/C12H22B3O10P/c1-19-3-5-9(10(24-15)12(14)23-5)25-26(17,18)21-4-6-8(20-2)7(16)11(13)22-6/h5-12,16H,3-4,15H2,1-2H3,(H,17,18)/p-1/t5-,6-,7+,8?,9?,10+,11-,12-/m1/s1/i15TD. The lowest BCUT2D eigenvalue weighted by Gasteiger charge is -2.32. The van der Waals surface area contributed by atoms with Gasteiger partial charge in [0.05, 0.1) is 19.3 Å². The molecule has 0 bridgehead atoms. The number of phosphoric ester groups is 1. The highest BCUT2D eigenvalue weighted by Gasteiger charge is 2.45. The molecule has 10 nitrogen and oxygen atoms in total. The number of hydrogen-bond donors (Lipinski definition) is 1. The summed E-state index contributed by atoms with van der Waals surface area (Å²) in [6.07, 6.45) is -6.43. The lowest BCUT2D eigenvalue weighted by atomic mass is 9.92. The molecule has 2 saturated heterocycles. The van der Waals surface area contributed by atoms with Gasteiger partial charge in [0, 0.05) is 28.9 Å². The lowest BCUT2D eigenvalue weighted by molar-refractivity contribution is -0.236. The Labute approximate surface area is 158 Å². The number of hydrogen-bond acceptors (Lipinski definition) is 10. The van der Waals surface area contributed by atoms with Gasteiger partial charge in [0.2, 0.25) is 0 Å². The Balaban J connectivity index is 2.02. The van der Waals surface area contributed by atoms with E-state index in [1.54, 1.807) is 0 Å². The summed E-state index contributed by atoms with van der Waals surface area (Å²) in [6, 6.07) is -2.19. The van der Waals surface area contributed by atoms with Crippen LogP contribution < -0.4 is 4.89 Å². The van der Waals surface area contributed by atoms with Crippen LogP contribution in [0.3, 0.4) is 0 Å². The van der Waals surface area contributed by atoms with E-state index in [9.17, 15) is 14.6 Å². The van der Waals surface area contributed by atoms with E-state index in [-0.39, 0.29) is 6.61 Å². The van der Waals surface area contributed by atoms with Gasteiger partial charge in [-0.2, -0.15) is 0 Å². The maximum atomic E-state index is 12.3. The Kier molecular flexibility index (Phi) is 7.09. The first-order valence-electron chi connectivity index (χ1n) is 8.91. The zero-order valence-electron chi connectivity index (χ0n) is 16.3. The van der Waals surface area contributed by atoms with Gasteiger partial charge in [-0.1, -0.05) is 0 Å². The van der Waals surface area contributed by atoms with Gasteiger partial charge in [-0.3, -0.25) is 4.57 Å². The number of ether oxygens (including phenoxy) is 4. The Morgan fingerprint density at radius 2 is 1.92 bits per heavy atom. The maximum absolute atomic E-state index is 12.3. The van der Waals surface area contributed by atoms with Crippen LogP contribution in [0.4, 0.5) is 0 Å². The van der Waals surface area contributed by atoms with Crippen LogP contribution in [0.15, 0.2) is 0 Å². The van der Waals surface area contributed by atoms with Crippen LogP contribution in [0.1, 0.15) is 0 Å². The fourth-order valence-corrected chi connectivity index (χ4v) is 3.82. The number of phosphoric acid groups is 1. The van der Waals surface area contributed by atoms with Gasteiger partial charge in [0.1, 0.15) is 46.2 Å². The Hall–Kier alpha value is 0.0648. The molecule has 26 heavy (non-hydrogen) atoms. The molecule has 2 heterocycles. The molecular formula is C12H21B3O10P-. The van der Waals surface area contributed by atoms with Crippen molar-refractivity contribution < 1.29 is 47.2 Å². The van der Waals surface area contributed by atoms with E-state index in [2.05, 4.69) is 0 Å². The fourth-order valence-electron chi connectivity index (χ4n) is 2.87. The third kappa shape index (κ3) is 5.11. The fraction of sp³-hybridized carbons (Fsp3) is 1.00. The summed E-state index contributed by atoms with van der Waals surface area (Å²) >= 11 is 0. The number of methoxy groups -OCH3 is 2. The largest absolute Gasteiger partial charge is 0.756 e. The number of aliphatic hydroxyl groups is 1. The van der Waals surface area contributed by atoms with Crippen LogP contribution in [0, 0.1) is 0 Å². The van der Waals surface area contributed by atoms with Crippen molar-refractivity contribution in [2.24, 2.45) is 0 Å². The Morgan fingerprint density at radius 3 is 2.54 bits per heavy atom. The van der Waals surface area contributed by atoms with Crippen molar-refractivity contribution in [3.05, 3.63) is 0 Å². The first-order valence-corrected chi connectivity index (χ1v) is 9.21. The van der Waals surface area contributed by atoms with Crippen LogP contribution in [-0.4, -0.2) is 108 Å². The van der Waals surface area contributed by atoms with Crippen molar-refractivity contribution in [1.29, 1.82) is 2.67 Å². The molecule has 0 aliphatic carbocycles. The third-order valence-electron chi connectivity index (χ3n) is 4.13. The highest BCUT2D eigenvalue weighted by atomic mass is 31.2. The second-order valence-electron chi connectivity index (χ2n) is 5.84. The molecule has 2 aliphatic rings. The van der Waals surface area contributed by atoms with Crippen LogP contribution in [-0.2, 0) is 37.2 Å². The molecule has 144 valence electrons. The van der Waals surface area contributed by atoms with E-state index in [0.29, 0.717) is 0 Å². The zero-order chi connectivity index (χ0) is 21.1. The molecule has 0 aromatic carbocycles. The first-order chi connectivity index (χ1) is 13.1. The van der Waals surface area contributed by atoms with E-state index in [0.717, 1.165) is 0 Å². The van der Waals surface area contributed by atoms with Gasteiger partial charge in [-0.15, -0.1) is 0 Å². The summed E-state index contributed by atoms with van der Waals surface area (Å²) in [6.45, 7) is -0.596. The first kappa shape index (κ1) is 19.4. The molecule has 14 heteroatoms. The van der Waals surface area contributed by atoms with Gasteiger partial charge in [-0.05, 0) is 0 Å². The summed E-state index contributed by atoms with van der Waals surface area (Å²) in [5, 5.41) is 9.82. The van der Waals surface area contributed by atoms with E-state index in [1.807, 2.05) is 0 Å². The monoisotopic (exact) mass is 392 g/mol. The van der Waals surface area contributed by atoms with Crippen molar-refractivity contribution in [3.63, 3.8) is 0 Å². The second-order valence-corrected chi connectivity index (χ2v) is 7.20. The predicted octanol–water partition coefficient (Wildman–Crippen LogP) is -3.40. The minimum absolute atomic E-state index is 0.0720. The molecule has 2 rings (SSSR count). The van der Waals surface area contributed by atoms with Crippen LogP contribution in [0.25, 0.3) is 0 Å². The molecule has 4 radical (unpaired) electrons. The van der Waals surface area contributed by atoms with Crippen LogP contribution in [0.2, 0.25) is 0 Å². The molecule has 2 fully saturated rings. The summed E-state index contributed by atoms with van der Waals surface area (Å²) in [5.74, 6) is 0. The summed E-state index contributed by atoms with van der Waals surface area (Å²) in [7, 11) is 7.28. The topological polar surface area (TPSA) is 125 Å². The summed E-state index contributed by atoms with van der Waals surface area (Å²) in [4.78, 5) is 12.3. The lowest BCUT2D eigenvalue weighted by Crippen LogP contribution is -2.40. The van der Waals surface area contributed by atoms with Gasteiger partial charge in [-0.25, -0.2) is 0 Å². The molecule has 2 aliphatic heterocycles. The Morgan fingerprint density at radius 1 is 1.27 bits per heavy atom. The van der Waals surface area contributed by atoms with E-state index < -0.39 is 71.0 Å². The van der Waals surface area contributed by atoms with E-state index in [1.165, 1.54) is 14.2 Å². The second kappa shape index (κ2) is 9.51. The minimum atomic E-state index is -4.94. The molecule has 3 unspecified atom stereocenters. The molecule has 0 saturated carbocycles. The molecule has 0 aromatic heterocycles. The van der Waals surface area contributed by atoms with Gasteiger partial charge in [0.25, 0.3) is 15.8 Å². The van der Waals surface area contributed by atoms with Gasteiger partial charge < -0.3 is 42.6 Å². The Bertz CT molecular complexity index is 552. The van der Waals surface area contributed by atoms with Crippen molar-refractivity contribution in [1.82, 2.24) is 0 Å². The van der Waals surface area contributed by atoms with Crippen molar-refractivity contribution in [3.8, 4) is 0 Å². The number of aliphatic hydroxyl groups excluding tert-OH is 1. The van der Waals surface area contributed by atoms with Crippen LogP contribution >= 0.6 is 7.82 Å². The van der Waals surface area contributed by atoms with Crippen molar-refractivity contribution >= 4 is 31.5 Å². The molecular weight excluding hydrogens is 368 g/mol. The van der Waals surface area contributed by atoms with Gasteiger partial charge >= 0.3 is 0 Å². The smallest absolute Gasteiger partial charge is 0.268 e. The SMILES string of the molecule is [2H]B([3H])O[C@H]1C(OP(=O)([O-])OC[C@H]2O[C@@H]([B])[C@@H](O)C2OC)[C@@H](COC)O[C@H]1[B]. The summed E-state index contributed by atoms with van der Waals surface area (Å²) < 4.78 is 62.1. The molecule has 0 aromatic rings. The predicted molar refractivity (Wildman–Crippen MR) is 89.4 cm³/mol. The van der Waals surface area contributed by atoms with Crippen LogP contribution in [0.5, 0.6) is 0 Å². The van der Waals surface area contributed by atoms with Crippen molar-refractivity contribution in [2.75, 3.05) is 27.4 Å². The highest BCUT2D eigenvalue weighted by Crippen LogP contribution is 2.44. The van der Waals surface area contributed by atoms with E-state index in [4.69, 9.17) is 51.0 Å². The minimum Gasteiger partial charge on any atom is -0.756 e. The highest BCUT2D eigenvalue weighted by molar-refractivity contribution is 7.45. The van der Waals surface area contributed by atoms with E-state index >= 15 is 0 Å². The maximum Gasteiger partial charge on any atom is 0.268 e. The average Bonchev–Trinajstić information content (AvgIpc) is 3.03. The molecule has 1 N–H and O–H groups in total. The molecule has 0 spiro atoms. The average molecular weight is 392 g/mol. The summed E-state index contributed by atoms with van der Waals surface area (Å²) in [5.41, 5.74) is 0.